The fourth-order valence-corrected chi connectivity index (χ4v) is 3.15. The summed E-state index contributed by atoms with van der Waals surface area (Å²) < 4.78 is 32.7. The van der Waals surface area contributed by atoms with Crippen LogP contribution in [-0.2, 0) is 10.2 Å². The van der Waals surface area contributed by atoms with Crippen molar-refractivity contribution >= 4 is 11.7 Å². The summed E-state index contributed by atoms with van der Waals surface area (Å²) in [5, 5.41) is 5.01. The molecule has 1 aliphatic rings. The minimum absolute atomic E-state index is 0.245. The first-order valence-corrected chi connectivity index (χ1v) is 8.23. The molecule has 1 aliphatic heterocycles. The molecule has 3 rings (SSSR count). The first kappa shape index (κ1) is 17.4. The lowest BCUT2D eigenvalue weighted by Gasteiger charge is -2.38. The van der Waals surface area contributed by atoms with Gasteiger partial charge in [0.05, 0.1) is 0 Å². The van der Waals surface area contributed by atoms with Gasteiger partial charge in [-0.1, -0.05) is 36.4 Å². The van der Waals surface area contributed by atoms with Crippen molar-refractivity contribution in [2.24, 2.45) is 0 Å². The first-order valence-electron chi connectivity index (χ1n) is 8.23. The number of anilines is 1. The number of hydrogen-bond donors (Lipinski definition) is 2. The van der Waals surface area contributed by atoms with Crippen LogP contribution in [0.5, 0.6) is 0 Å². The van der Waals surface area contributed by atoms with Gasteiger partial charge in [-0.25, -0.2) is 13.6 Å². The lowest BCUT2D eigenvalue weighted by atomic mass is 9.74. The number of ether oxygens (including phenoxy) is 1. The minimum Gasteiger partial charge on any atom is -0.381 e. The summed E-state index contributed by atoms with van der Waals surface area (Å²) in [6.45, 7) is 1.59. The van der Waals surface area contributed by atoms with Crippen molar-refractivity contribution < 1.29 is 18.3 Å². The number of benzene rings is 2. The Labute approximate surface area is 145 Å². The number of rotatable bonds is 4. The maximum atomic E-state index is 13.6. The Morgan fingerprint density at radius 3 is 2.28 bits per heavy atom. The van der Waals surface area contributed by atoms with E-state index in [1.807, 2.05) is 30.3 Å². The molecule has 0 aromatic heterocycles. The number of hydrogen-bond acceptors (Lipinski definition) is 2. The highest BCUT2D eigenvalue weighted by Gasteiger charge is 2.34. The Morgan fingerprint density at radius 2 is 1.64 bits per heavy atom. The highest BCUT2D eigenvalue weighted by atomic mass is 19.1. The number of amides is 2. The quantitative estimate of drug-likeness (QED) is 0.884. The predicted octanol–water partition coefficient (Wildman–Crippen LogP) is 3.83. The number of halogens is 2. The molecular formula is C19H20F2N2O2. The summed E-state index contributed by atoms with van der Waals surface area (Å²) >= 11 is 0. The third kappa shape index (κ3) is 3.96. The SMILES string of the molecule is O=C(NCC1(c2ccccc2)CCOCC1)Nc1c(F)cccc1F. The molecule has 6 heteroatoms. The maximum absolute atomic E-state index is 13.6. The van der Waals surface area contributed by atoms with Crippen molar-refractivity contribution in [3.63, 3.8) is 0 Å². The molecule has 0 atom stereocenters. The highest BCUT2D eigenvalue weighted by Crippen LogP contribution is 2.34. The van der Waals surface area contributed by atoms with Gasteiger partial charge < -0.3 is 15.4 Å². The molecule has 132 valence electrons. The van der Waals surface area contributed by atoms with Crippen LogP contribution in [0.4, 0.5) is 19.3 Å². The van der Waals surface area contributed by atoms with E-state index in [0.29, 0.717) is 19.8 Å². The van der Waals surface area contributed by atoms with E-state index in [-0.39, 0.29) is 5.41 Å². The molecule has 2 aromatic carbocycles. The molecule has 1 saturated heterocycles. The molecule has 2 N–H and O–H groups in total. The number of urea groups is 1. The van der Waals surface area contributed by atoms with Gasteiger partial charge >= 0.3 is 6.03 Å². The van der Waals surface area contributed by atoms with Gasteiger partial charge in [0.25, 0.3) is 0 Å². The van der Waals surface area contributed by atoms with E-state index in [2.05, 4.69) is 10.6 Å². The molecule has 0 bridgehead atoms. The zero-order valence-electron chi connectivity index (χ0n) is 13.7. The molecule has 0 aliphatic carbocycles. The molecule has 0 radical (unpaired) electrons. The molecule has 2 aromatic rings. The number of carbonyl (C=O) groups is 1. The van der Waals surface area contributed by atoms with Gasteiger partial charge in [-0.3, -0.25) is 0 Å². The third-order valence-corrected chi connectivity index (χ3v) is 4.62. The van der Waals surface area contributed by atoms with Crippen molar-refractivity contribution in [2.75, 3.05) is 25.1 Å². The zero-order chi connectivity index (χ0) is 17.7. The molecular weight excluding hydrogens is 326 g/mol. The van der Waals surface area contributed by atoms with Crippen LogP contribution in [0.3, 0.4) is 0 Å². The fraction of sp³-hybridized carbons (Fsp3) is 0.316. The summed E-state index contributed by atoms with van der Waals surface area (Å²) in [5.41, 5.74) is 0.432. The molecule has 0 spiro atoms. The van der Waals surface area contributed by atoms with Crippen LogP contribution in [0.25, 0.3) is 0 Å². The van der Waals surface area contributed by atoms with E-state index in [1.165, 1.54) is 6.07 Å². The molecule has 0 unspecified atom stereocenters. The van der Waals surface area contributed by atoms with Crippen LogP contribution in [0.1, 0.15) is 18.4 Å². The van der Waals surface area contributed by atoms with Gasteiger partial charge in [-0.15, -0.1) is 0 Å². The minimum atomic E-state index is -0.806. The number of carbonyl (C=O) groups excluding carboxylic acids is 1. The average Bonchev–Trinajstić information content (AvgIpc) is 2.65. The normalized spacial score (nSPS) is 16.2. The van der Waals surface area contributed by atoms with Gasteiger partial charge in [0.2, 0.25) is 0 Å². The number of para-hydroxylation sites is 1. The van der Waals surface area contributed by atoms with Crippen LogP contribution < -0.4 is 10.6 Å². The largest absolute Gasteiger partial charge is 0.381 e. The van der Waals surface area contributed by atoms with E-state index in [1.54, 1.807) is 0 Å². The Balaban J connectivity index is 1.70. The van der Waals surface area contributed by atoms with Crippen LogP contribution in [0.15, 0.2) is 48.5 Å². The lowest BCUT2D eigenvalue weighted by Crippen LogP contribution is -2.45. The summed E-state index contributed by atoms with van der Waals surface area (Å²) in [4.78, 5) is 12.1. The molecule has 1 heterocycles. The van der Waals surface area contributed by atoms with Gasteiger partial charge in [-0.05, 0) is 30.5 Å². The molecule has 1 fully saturated rings. The van der Waals surface area contributed by atoms with Gasteiger partial charge in [0.1, 0.15) is 17.3 Å². The van der Waals surface area contributed by atoms with E-state index in [9.17, 15) is 13.6 Å². The van der Waals surface area contributed by atoms with Crippen LogP contribution >= 0.6 is 0 Å². The Bertz CT molecular complexity index is 711. The second kappa shape index (κ2) is 7.61. The molecule has 4 nitrogen and oxygen atoms in total. The van der Waals surface area contributed by atoms with Crippen molar-refractivity contribution in [3.05, 3.63) is 65.7 Å². The van der Waals surface area contributed by atoms with Crippen LogP contribution in [0.2, 0.25) is 0 Å². The van der Waals surface area contributed by atoms with Gasteiger partial charge in [0, 0.05) is 25.2 Å². The monoisotopic (exact) mass is 346 g/mol. The van der Waals surface area contributed by atoms with E-state index in [4.69, 9.17) is 4.74 Å². The standard InChI is InChI=1S/C19H20F2N2O2/c20-15-7-4-8-16(21)17(15)23-18(24)22-13-19(9-11-25-12-10-19)14-5-2-1-3-6-14/h1-8H,9-13H2,(H2,22,23,24). The summed E-state index contributed by atoms with van der Waals surface area (Å²) in [7, 11) is 0. The topological polar surface area (TPSA) is 50.4 Å². The van der Waals surface area contributed by atoms with Crippen molar-refractivity contribution in [3.8, 4) is 0 Å². The van der Waals surface area contributed by atoms with Crippen molar-refractivity contribution in [1.82, 2.24) is 5.32 Å². The second-order valence-corrected chi connectivity index (χ2v) is 6.16. The van der Waals surface area contributed by atoms with E-state index >= 15 is 0 Å². The van der Waals surface area contributed by atoms with Crippen LogP contribution in [0, 0.1) is 11.6 Å². The summed E-state index contributed by atoms with van der Waals surface area (Å²) in [6.07, 6.45) is 1.54. The molecule has 0 saturated carbocycles. The van der Waals surface area contributed by atoms with Gasteiger partial charge in [0.15, 0.2) is 0 Å². The summed E-state index contributed by atoms with van der Waals surface area (Å²) in [6, 6.07) is 12.7. The average molecular weight is 346 g/mol. The van der Waals surface area contributed by atoms with Crippen molar-refractivity contribution in [2.45, 2.75) is 18.3 Å². The first-order chi connectivity index (χ1) is 12.1. The third-order valence-electron chi connectivity index (χ3n) is 4.62. The zero-order valence-corrected chi connectivity index (χ0v) is 13.7. The van der Waals surface area contributed by atoms with Crippen molar-refractivity contribution in [1.29, 1.82) is 0 Å². The van der Waals surface area contributed by atoms with E-state index in [0.717, 1.165) is 30.5 Å². The Morgan fingerprint density at radius 1 is 1.00 bits per heavy atom. The maximum Gasteiger partial charge on any atom is 0.319 e. The fourth-order valence-electron chi connectivity index (χ4n) is 3.15. The predicted molar refractivity (Wildman–Crippen MR) is 91.6 cm³/mol. The Kier molecular flexibility index (Phi) is 5.28. The van der Waals surface area contributed by atoms with Gasteiger partial charge in [-0.2, -0.15) is 0 Å². The van der Waals surface area contributed by atoms with E-state index < -0.39 is 23.4 Å². The van der Waals surface area contributed by atoms with Crippen LogP contribution in [-0.4, -0.2) is 25.8 Å². The molecule has 25 heavy (non-hydrogen) atoms. The molecule has 2 amide bonds. The number of nitrogens with one attached hydrogen (secondary N) is 2. The smallest absolute Gasteiger partial charge is 0.319 e. The lowest BCUT2D eigenvalue weighted by molar-refractivity contribution is 0.0508. The highest BCUT2D eigenvalue weighted by molar-refractivity contribution is 5.89. The summed E-state index contributed by atoms with van der Waals surface area (Å²) in [5.74, 6) is -1.61. The second-order valence-electron chi connectivity index (χ2n) is 6.16. The Hall–Kier alpha value is -2.47.